The zero-order chi connectivity index (χ0) is 14.7. The monoisotopic (exact) mass is 328 g/mol. The molecule has 0 radical (unpaired) electrons. The number of aryl methyl sites for hydroxylation is 1. The molecule has 20 heavy (non-hydrogen) atoms. The highest BCUT2D eigenvalue weighted by molar-refractivity contribution is 7.80. The Bertz CT molecular complexity index is 619. The summed E-state index contributed by atoms with van der Waals surface area (Å²) < 4.78 is 1.83. The third kappa shape index (κ3) is 3.42. The van der Waals surface area contributed by atoms with E-state index < -0.39 is 0 Å². The molecular weight excluding hydrogens is 315 g/mol. The molecule has 7 heteroatoms. The van der Waals surface area contributed by atoms with Crippen LogP contribution >= 0.6 is 35.4 Å². The van der Waals surface area contributed by atoms with Gasteiger partial charge >= 0.3 is 0 Å². The smallest absolute Gasteiger partial charge is 0.171 e. The summed E-state index contributed by atoms with van der Waals surface area (Å²) in [5.41, 5.74) is 1.84. The van der Waals surface area contributed by atoms with Crippen molar-refractivity contribution in [1.82, 2.24) is 15.1 Å². The molecule has 0 amide bonds. The molecule has 0 saturated carbocycles. The highest BCUT2D eigenvalue weighted by atomic mass is 35.5. The van der Waals surface area contributed by atoms with Gasteiger partial charge in [-0.1, -0.05) is 29.3 Å². The van der Waals surface area contributed by atoms with Crippen LogP contribution in [0, 0.1) is 6.92 Å². The zero-order valence-corrected chi connectivity index (χ0v) is 13.4. The molecule has 2 N–H and O–H groups in total. The third-order valence-electron chi connectivity index (χ3n) is 2.82. The standard InChI is InChI=1S/C13H14Cl2N4S/c1-8-6-12(17-13(20)16-2)18-19(8)7-9-10(14)4-3-5-11(9)15/h3-6H,7H2,1-2H3,(H2,16,17,18,20). The van der Waals surface area contributed by atoms with E-state index in [9.17, 15) is 0 Å². The molecule has 2 aromatic rings. The van der Waals surface area contributed by atoms with Crippen LogP contribution in [0.25, 0.3) is 0 Å². The fraction of sp³-hybridized carbons (Fsp3) is 0.231. The second-order valence-electron chi connectivity index (χ2n) is 4.23. The molecule has 2 rings (SSSR count). The van der Waals surface area contributed by atoms with Crippen LogP contribution in [0.3, 0.4) is 0 Å². The number of hydrogen-bond acceptors (Lipinski definition) is 2. The van der Waals surface area contributed by atoms with Crippen LogP contribution in [0.1, 0.15) is 11.3 Å². The average molecular weight is 329 g/mol. The lowest BCUT2D eigenvalue weighted by atomic mass is 10.2. The molecule has 0 atom stereocenters. The molecule has 1 aromatic heterocycles. The van der Waals surface area contributed by atoms with Crippen molar-refractivity contribution in [1.29, 1.82) is 0 Å². The zero-order valence-electron chi connectivity index (χ0n) is 11.1. The van der Waals surface area contributed by atoms with Gasteiger partial charge < -0.3 is 10.6 Å². The summed E-state index contributed by atoms with van der Waals surface area (Å²) in [5, 5.41) is 12.0. The Labute approximate surface area is 133 Å². The maximum atomic E-state index is 6.17. The van der Waals surface area contributed by atoms with Crippen LogP contribution in [0.5, 0.6) is 0 Å². The first-order valence-corrected chi connectivity index (χ1v) is 7.13. The Morgan fingerprint density at radius 2 is 2.00 bits per heavy atom. The van der Waals surface area contributed by atoms with E-state index in [2.05, 4.69) is 15.7 Å². The number of hydrogen-bond donors (Lipinski definition) is 2. The minimum Gasteiger partial charge on any atom is -0.365 e. The van der Waals surface area contributed by atoms with Crippen molar-refractivity contribution in [3.63, 3.8) is 0 Å². The van der Waals surface area contributed by atoms with E-state index in [1.165, 1.54) is 0 Å². The van der Waals surface area contributed by atoms with Gasteiger partial charge in [-0.2, -0.15) is 5.10 Å². The van der Waals surface area contributed by atoms with E-state index in [4.69, 9.17) is 35.4 Å². The Kier molecular flexibility index (Phi) is 4.86. The van der Waals surface area contributed by atoms with Crippen LogP contribution in [0.2, 0.25) is 10.0 Å². The van der Waals surface area contributed by atoms with E-state index in [1.807, 2.05) is 35.9 Å². The van der Waals surface area contributed by atoms with Crippen molar-refractivity contribution in [2.75, 3.05) is 12.4 Å². The quantitative estimate of drug-likeness (QED) is 0.846. The predicted octanol–water partition coefficient (Wildman–Crippen LogP) is 3.46. The number of aromatic nitrogens is 2. The van der Waals surface area contributed by atoms with Gasteiger partial charge in [0.15, 0.2) is 10.9 Å². The molecule has 0 bridgehead atoms. The normalized spacial score (nSPS) is 10.4. The second kappa shape index (κ2) is 6.43. The minimum atomic E-state index is 0.512. The lowest BCUT2D eigenvalue weighted by Crippen LogP contribution is -2.24. The Morgan fingerprint density at radius 1 is 1.35 bits per heavy atom. The second-order valence-corrected chi connectivity index (χ2v) is 5.46. The topological polar surface area (TPSA) is 41.9 Å². The van der Waals surface area contributed by atoms with Gasteiger partial charge in [0.1, 0.15) is 0 Å². The molecule has 106 valence electrons. The Hall–Kier alpha value is -1.30. The van der Waals surface area contributed by atoms with Gasteiger partial charge in [-0.3, -0.25) is 4.68 Å². The number of anilines is 1. The molecule has 1 heterocycles. The third-order valence-corrected chi connectivity index (χ3v) is 3.83. The van der Waals surface area contributed by atoms with Gasteiger partial charge in [-0.25, -0.2) is 0 Å². The molecule has 0 spiro atoms. The van der Waals surface area contributed by atoms with Crippen LogP contribution < -0.4 is 10.6 Å². The number of nitrogens with one attached hydrogen (secondary N) is 2. The van der Waals surface area contributed by atoms with Crippen molar-refractivity contribution in [3.8, 4) is 0 Å². The summed E-state index contributed by atoms with van der Waals surface area (Å²) in [7, 11) is 1.75. The first-order chi connectivity index (χ1) is 9.51. The van der Waals surface area contributed by atoms with Gasteiger partial charge in [0, 0.05) is 34.4 Å². The van der Waals surface area contributed by atoms with Gasteiger partial charge in [-0.05, 0) is 31.3 Å². The van der Waals surface area contributed by atoms with Crippen molar-refractivity contribution >= 4 is 46.4 Å². The van der Waals surface area contributed by atoms with Gasteiger partial charge in [0.05, 0.1) is 6.54 Å². The summed E-state index contributed by atoms with van der Waals surface area (Å²) in [5.74, 6) is 0.685. The van der Waals surface area contributed by atoms with Crippen LogP contribution in [0.15, 0.2) is 24.3 Å². The largest absolute Gasteiger partial charge is 0.365 e. The maximum absolute atomic E-state index is 6.17. The molecule has 4 nitrogen and oxygen atoms in total. The number of rotatable bonds is 3. The number of nitrogens with zero attached hydrogens (tertiary/aromatic N) is 2. The van der Waals surface area contributed by atoms with Crippen molar-refractivity contribution < 1.29 is 0 Å². The van der Waals surface area contributed by atoms with Gasteiger partial charge in [0.2, 0.25) is 0 Å². The summed E-state index contributed by atoms with van der Waals surface area (Å²) in [4.78, 5) is 0. The molecular formula is C13H14Cl2N4S. The predicted molar refractivity (Wildman–Crippen MR) is 87.8 cm³/mol. The molecule has 0 fully saturated rings. The fourth-order valence-corrected chi connectivity index (χ4v) is 2.36. The van der Waals surface area contributed by atoms with Crippen LogP contribution in [0.4, 0.5) is 5.82 Å². The number of halogens is 2. The molecule has 0 aliphatic rings. The minimum absolute atomic E-state index is 0.512. The summed E-state index contributed by atoms with van der Waals surface area (Å²) in [6.45, 7) is 2.48. The van der Waals surface area contributed by atoms with Gasteiger partial charge in [-0.15, -0.1) is 0 Å². The highest BCUT2D eigenvalue weighted by Gasteiger charge is 2.10. The Morgan fingerprint density at radius 3 is 2.60 bits per heavy atom. The lowest BCUT2D eigenvalue weighted by Gasteiger charge is -2.08. The van der Waals surface area contributed by atoms with Crippen LogP contribution in [-0.2, 0) is 6.54 Å². The SMILES string of the molecule is CNC(=S)Nc1cc(C)n(Cc2c(Cl)cccc2Cl)n1. The van der Waals surface area contributed by atoms with Crippen molar-refractivity contribution in [3.05, 3.63) is 45.6 Å². The van der Waals surface area contributed by atoms with Crippen molar-refractivity contribution in [2.45, 2.75) is 13.5 Å². The Balaban J connectivity index is 2.24. The van der Waals surface area contributed by atoms with E-state index in [0.29, 0.717) is 27.5 Å². The summed E-state index contributed by atoms with van der Waals surface area (Å²) in [6, 6.07) is 7.37. The molecule has 0 aliphatic heterocycles. The fourth-order valence-electron chi connectivity index (χ4n) is 1.74. The first-order valence-electron chi connectivity index (χ1n) is 5.97. The highest BCUT2D eigenvalue weighted by Crippen LogP contribution is 2.25. The molecule has 0 saturated heterocycles. The summed E-state index contributed by atoms with van der Waals surface area (Å²) in [6.07, 6.45) is 0. The molecule has 1 aromatic carbocycles. The number of thiocarbonyl (C=S) groups is 1. The number of benzene rings is 1. The van der Waals surface area contributed by atoms with E-state index in [0.717, 1.165) is 11.3 Å². The average Bonchev–Trinajstić information content (AvgIpc) is 2.74. The van der Waals surface area contributed by atoms with E-state index in [-0.39, 0.29) is 0 Å². The first kappa shape index (κ1) is 15.1. The molecule has 0 unspecified atom stereocenters. The van der Waals surface area contributed by atoms with Gasteiger partial charge in [0.25, 0.3) is 0 Å². The maximum Gasteiger partial charge on any atom is 0.171 e. The lowest BCUT2D eigenvalue weighted by molar-refractivity contribution is 0.668. The van der Waals surface area contributed by atoms with E-state index in [1.54, 1.807) is 7.05 Å². The van der Waals surface area contributed by atoms with Crippen molar-refractivity contribution in [2.24, 2.45) is 0 Å². The summed E-state index contributed by atoms with van der Waals surface area (Å²) >= 11 is 17.4. The molecule has 0 aliphatic carbocycles. The van der Waals surface area contributed by atoms with E-state index >= 15 is 0 Å². The van der Waals surface area contributed by atoms with Crippen LogP contribution in [-0.4, -0.2) is 21.9 Å².